The zero-order valence-corrected chi connectivity index (χ0v) is 17.4. The maximum Gasteiger partial charge on any atom is 0.257 e. The Labute approximate surface area is 177 Å². The lowest BCUT2D eigenvalue weighted by Crippen LogP contribution is -2.34. The molecule has 0 saturated heterocycles. The summed E-state index contributed by atoms with van der Waals surface area (Å²) in [4.78, 5) is 12.4. The average Bonchev–Trinajstić information content (AvgIpc) is 2.74. The van der Waals surface area contributed by atoms with E-state index in [0.717, 1.165) is 28.6 Å². The van der Waals surface area contributed by atoms with Crippen molar-refractivity contribution in [1.29, 1.82) is 0 Å². The number of anilines is 1. The Balaban J connectivity index is 1.50. The molecule has 29 heavy (non-hydrogen) atoms. The lowest BCUT2D eigenvalue weighted by Gasteiger charge is -2.11. The fourth-order valence-electron chi connectivity index (χ4n) is 3.03. The minimum atomic E-state index is -0.252. The summed E-state index contributed by atoms with van der Waals surface area (Å²) in [6.45, 7) is 2.89. The van der Waals surface area contributed by atoms with E-state index in [1.165, 1.54) is 19.3 Å². The Morgan fingerprint density at radius 1 is 0.931 bits per heavy atom. The lowest BCUT2D eigenvalue weighted by atomic mass is 10.1. The molecule has 0 unspecified atom stereocenters. The highest BCUT2D eigenvalue weighted by molar-refractivity contribution is 7.80. The molecule has 0 bridgehead atoms. The van der Waals surface area contributed by atoms with Gasteiger partial charge in [0.15, 0.2) is 5.11 Å². The monoisotopic (exact) mass is 406 g/mol. The van der Waals surface area contributed by atoms with E-state index in [0.29, 0.717) is 12.2 Å². The first kappa shape index (κ1) is 20.8. The van der Waals surface area contributed by atoms with Crippen LogP contribution in [0.1, 0.15) is 43.0 Å². The molecule has 0 aliphatic carbocycles. The fourth-order valence-corrected chi connectivity index (χ4v) is 3.24. The van der Waals surface area contributed by atoms with E-state index >= 15 is 0 Å². The zero-order chi connectivity index (χ0) is 20.5. The predicted molar refractivity (Wildman–Crippen MR) is 124 cm³/mol. The number of hydrogen-bond acceptors (Lipinski definition) is 3. The van der Waals surface area contributed by atoms with Crippen LogP contribution in [0.5, 0.6) is 5.75 Å². The molecule has 3 aromatic rings. The van der Waals surface area contributed by atoms with Crippen LogP contribution in [0.3, 0.4) is 0 Å². The summed E-state index contributed by atoms with van der Waals surface area (Å²) in [7, 11) is 0. The topological polar surface area (TPSA) is 50.4 Å². The summed E-state index contributed by atoms with van der Waals surface area (Å²) < 4.78 is 5.71. The van der Waals surface area contributed by atoms with Gasteiger partial charge in [-0.2, -0.15) is 0 Å². The number of ether oxygens (including phenoxy) is 1. The van der Waals surface area contributed by atoms with Gasteiger partial charge in [0.1, 0.15) is 5.75 Å². The van der Waals surface area contributed by atoms with Crippen molar-refractivity contribution in [3.05, 3.63) is 72.3 Å². The molecule has 4 nitrogen and oxygen atoms in total. The van der Waals surface area contributed by atoms with Crippen LogP contribution in [0.15, 0.2) is 66.7 Å². The summed E-state index contributed by atoms with van der Waals surface area (Å²) >= 11 is 5.29. The molecule has 2 N–H and O–H groups in total. The standard InChI is InChI=1S/C24H26N2O2S/c1-2-3-4-7-16-28-22-14-11-19(12-15-22)23(27)26-24(29)25-21-13-10-18-8-5-6-9-20(18)17-21/h5-6,8-15,17H,2-4,7,16H2,1H3,(H2,25,26,27,29). The number of unbranched alkanes of at least 4 members (excludes halogenated alkanes) is 3. The van der Waals surface area contributed by atoms with Crippen molar-refractivity contribution in [2.45, 2.75) is 32.6 Å². The van der Waals surface area contributed by atoms with Gasteiger partial charge in [0.2, 0.25) is 0 Å². The molecule has 0 radical (unpaired) electrons. The van der Waals surface area contributed by atoms with Gasteiger partial charge in [0.25, 0.3) is 5.91 Å². The average molecular weight is 407 g/mol. The van der Waals surface area contributed by atoms with E-state index in [1.807, 2.05) is 48.5 Å². The second kappa shape index (κ2) is 10.6. The van der Waals surface area contributed by atoms with Crippen molar-refractivity contribution in [3.63, 3.8) is 0 Å². The van der Waals surface area contributed by atoms with Gasteiger partial charge in [0, 0.05) is 11.3 Å². The zero-order valence-electron chi connectivity index (χ0n) is 16.6. The molecule has 3 aromatic carbocycles. The van der Waals surface area contributed by atoms with Crippen molar-refractivity contribution in [2.75, 3.05) is 11.9 Å². The molecule has 0 fully saturated rings. The maximum absolute atomic E-state index is 12.4. The number of carbonyl (C=O) groups is 1. The number of amides is 1. The molecular formula is C24H26N2O2S. The molecule has 150 valence electrons. The minimum Gasteiger partial charge on any atom is -0.494 e. The van der Waals surface area contributed by atoms with Crippen molar-refractivity contribution < 1.29 is 9.53 Å². The molecule has 0 heterocycles. The lowest BCUT2D eigenvalue weighted by molar-refractivity contribution is 0.0977. The first-order valence-corrected chi connectivity index (χ1v) is 10.4. The van der Waals surface area contributed by atoms with Gasteiger partial charge in [-0.05, 0) is 65.8 Å². The van der Waals surface area contributed by atoms with Gasteiger partial charge in [-0.25, -0.2) is 0 Å². The second-order valence-corrected chi connectivity index (χ2v) is 7.31. The Morgan fingerprint density at radius 2 is 1.69 bits per heavy atom. The van der Waals surface area contributed by atoms with Crippen LogP contribution in [0.25, 0.3) is 10.8 Å². The summed E-state index contributed by atoms with van der Waals surface area (Å²) in [5.74, 6) is 0.521. The SMILES string of the molecule is CCCCCCOc1ccc(C(=O)NC(=S)Nc2ccc3ccccc3c2)cc1. The first-order chi connectivity index (χ1) is 14.2. The van der Waals surface area contributed by atoms with Crippen LogP contribution in [-0.4, -0.2) is 17.6 Å². The molecule has 0 spiro atoms. The van der Waals surface area contributed by atoms with E-state index < -0.39 is 0 Å². The van der Waals surface area contributed by atoms with Crippen LogP contribution >= 0.6 is 12.2 Å². The molecule has 3 rings (SSSR count). The molecular weight excluding hydrogens is 380 g/mol. The number of nitrogens with one attached hydrogen (secondary N) is 2. The third-order valence-electron chi connectivity index (χ3n) is 4.62. The molecule has 5 heteroatoms. The van der Waals surface area contributed by atoms with Gasteiger partial charge in [-0.3, -0.25) is 10.1 Å². The normalized spacial score (nSPS) is 10.5. The van der Waals surface area contributed by atoms with Crippen molar-refractivity contribution in [2.24, 2.45) is 0 Å². The number of benzene rings is 3. The molecule has 0 aromatic heterocycles. The van der Waals surface area contributed by atoms with Crippen LogP contribution in [0.2, 0.25) is 0 Å². The number of hydrogen-bond donors (Lipinski definition) is 2. The van der Waals surface area contributed by atoms with Gasteiger partial charge in [-0.15, -0.1) is 0 Å². The van der Waals surface area contributed by atoms with Crippen molar-refractivity contribution in [1.82, 2.24) is 5.32 Å². The molecule has 0 atom stereocenters. The first-order valence-electron chi connectivity index (χ1n) is 9.99. The van der Waals surface area contributed by atoms with Gasteiger partial charge in [0.05, 0.1) is 6.61 Å². The maximum atomic E-state index is 12.4. The molecule has 0 aliphatic heterocycles. The molecule has 0 saturated carbocycles. The highest BCUT2D eigenvalue weighted by Crippen LogP contribution is 2.19. The van der Waals surface area contributed by atoms with E-state index in [4.69, 9.17) is 17.0 Å². The van der Waals surface area contributed by atoms with Crippen LogP contribution in [-0.2, 0) is 0 Å². The van der Waals surface area contributed by atoms with E-state index in [2.05, 4.69) is 23.6 Å². The van der Waals surface area contributed by atoms with Gasteiger partial charge < -0.3 is 10.1 Å². The third-order valence-corrected chi connectivity index (χ3v) is 4.82. The van der Waals surface area contributed by atoms with Gasteiger partial charge in [-0.1, -0.05) is 56.5 Å². The van der Waals surface area contributed by atoms with E-state index in [1.54, 1.807) is 12.1 Å². The van der Waals surface area contributed by atoms with Crippen LogP contribution in [0, 0.1) is 0 Å². The predicted octanol–water partition coefficient (Wildman–Crippen LogP) is 5.93. The summed E-state index contributed by atoms with van der Waals surface area (Å²) in [5, 5.41) is 8.31. The largest absolute Gasteiger partial charge is 0.494 e. The highest BCUT2D eigenvalue weighted by atomic mass is 32.1. The summed E-state index contributed by atoms with van der Waals surface area (Å²) in [6, 6.07) is 21.2. The Kier molecular flexibility index (Phi) is 7.59. The number of thiocarbonyl (C=S) groups is 1. The number of rotatable bonds is 8. The Bertz CT molecular complexity index is 970. The molecule has 1 amide bonds. The van der Waals surface area contributed by atoms with Gasteiger partial charge >= 0.3 is 0 Å². The quantitative estimate of drug-likeness (QED) is 0.360. The fraction of sp³-hybridized carbons (Fsp3) is 0.250. The summed E-state index contributed by atoms with van der Waals surface area (Å²) in [6.07, 6.45) is 4.67. The number of carbonyl (C=O) groups excluding carboxylic acids is 1. The summed E-state index contributed by atoms with van der Waals surface area (Å²) in [5.41, 5.74) is 1.37. The van der Waals surface area contributed by atoms with Crippen LogP contribution < -0.4 is 15.4 Å². The Morgan fingerprint density at radius 3 is 2.45 bits per heavy atom. The van der Waals surface area contributed by atoms with E-state index in [9.17, 15) is 4.79 Å². The Hall–Kier alpha value is -2.92. The highest BCUT2D eigenvalue weighted by Gasteiger charge is 2.08. The second-order valence-electron chi connectivity index (χ2n) is 6.90. The molecule has 0 aliphatic rings. The van der Waals surface area contributed by atoms with Crippen molar-refractivity contribution in [3.8, 4) is 5.75 Å². The number of fused-ring (bicyclic) bond motifs is 1. The van der Waals surface area contributed by atoms with Crippen molar-refractivity contribution >= 4 is 39.7 Å². The van der Waals surface area contributed by atoms with E-state index in [-0.39, 0.29) is 11.0 Å². The minimum absolute atomic E-state index is 0.252. The van der Waals surface area contributed by atoms with Crippen LogP contribution in [0.4, 0.5) is 5.69 Å². The smallest absolute Gasteiger partial charge is 0.257 e. The third kappa shape index (κ3) is 6.29.